The van der Waals surface area contributed by atoms with Crippen LogP contribution in [0.25, 0.3) is 5.69 Å². The van der Waals surface area contributed by atoms with Crippen LogP contribution in [0, 0.1) is 0 Å². The largest absolute Gasteiger partial charge is 0.489 e. The first-order valence-electron chi connectivity index (χ1n) is 12.1. The molecule has 36 heavy (non-hydrogen) atoms. The lowest BCUT2D eigenvalue weighted by molar-refractivity contribution is 0.0116. The van der Waals surface area contributed by atoms with E-state index in [4.69, 9.17) is 9.47 Å². The number of aromatic nitrogens is 2. The first-order chi connectivity index (χ1) is 17.0. The second-order valence-electron chi connectivity index (χ2n) is 10.4. The summed E-state index contributed by atoms with van der Waals surface area (Å²) >= 11 is 0. The van der Waals surface area contributed by atoms with Crippen LogP contribution >= 0.6 is 0 Å². The Hall–Kier alpha value is -3.81. The van der Waals surface area contributed by atoms with E-state index in [2.05, 4.69) is 16.8 Å². The Morgan fingerprint density at radius 3 is 2.53 bits per heavy atom. The average molecular weight is 491 g/mol. The molecule has 1 aromatic carbocycles. The number of nitrogens with zero attached hydrogens (tertiary/aromatic N) is 4. The van der Waals surface area contributed by atoms with Crippen molar-refractivity contribution in [2.75, 3.05) is 25.0 Å². The minimum absolute atomic E-state index is 0.192. The highest BCUT2D eigenvalue weighted by Crippen LogP contribution is 2.31. The van der Waals surface area contributed by atoms with E-state index in [0.29, 0.717) is 24.6 Å². The predicted octanol–water partition coefficient (Wildman–Crippen LogP) is 4.65. The van der Waals surface area contributed by atoms with Gasteiger partial charge in [-0.2, -0.15) is 0 Å². The second kappa shape index (κ2) is 10.0. The maximum absolute atomic E-state index is 12.7. The molecule has 0 N–H and O–H groups in total. The summed E-state index contributed by atoms with van der Waals surface area (Å²) in [5.41, 5.74) is 0.613. The van der Waals surface area contributed by atoms with Crippen LogP contribution in [0.1, 0.15) is 39.7 Å². The fraction of sp³-hybridized carbons (Fsp3) is 0.393. The lowest BCUT2D eigenvalue weighted by atomic mass is 10.0. The number of amides is 1. The molecule has 8 heteroatoms. The molecule has 1 amide bonds. The topological polar surface area (TPSA) is 76.9 Å². The predicted molar refractivity (Wildman–Crippen MR) is 140 cm³/mol. The van der Waals surface area contributed by atoms with Gasteiger partial charge in [-0.05, 0) is 57.9 Å². The Labute approximate surface area is 212 Å². The number of ether oxygens (including phenoxy) is 2. The molecule has 0 bridgehead atoms. The van der Waals surface area contributed by atoms with E-state index < -0.39 is 5.60 Å². The summed E-state index contributed by atoms with van der Waals surface area (Å²) in [4.78, 5) is 33.7. The smallest absolute Gasteiger partial charge is 0.410 e. The molecule has 1 atom stereocenters. The normalized spacial score (nSPS) is 17.6. The summed E-state index contributed by atoms with van der Waals surface area (Å²) in [6, 6.07) is 16.9. The van der Waals surface area contributed by atoms with Crippen molar-refractivity contribution in [3.05, 3.63) is 82.9 Å². The van der Waals surface area contributed by atoms with Crippen LogP contribution in [0.5, 0.6) is 5.75 Å². The molecule has 1 aliphatic heterocycles. The molecule has 3 heterocycles. The quantitative estimate of drug-likeness (QED) is 0.501. The minimum atomic E-state index is -0.540. The van der Waals surface area contributed by atoms with Gasteiger partial charge in [-0.1, -0.05) is 30.3 Å². The van der Waals surface area contributed by atoms with Gasteiger partial charge in [-0.15, -0.1) is 0 Å². The molecule has 0 radical (unpaired) electrons. The van der Waals surface area contributed by atoms with E-state index in [9.17, 15) is 9.59 Å². The molecule has 1 fully saturated rings. The Morgan fingerprint density at radius 1 is 1.14 bits per heavy atom. The van der Waals surface area contributed by atoms with Gasteiger partial charge in [0.25, 0.3) is 5.56 Å². The van der Waals surface area contributed by atoms with Crippen LogP contribution in [0.2, 0.25) is 0 Å². The molecule has 1 unspecified atom stereocenters. The summed E-state index contributed by atoms with van der Waals surface area (Å²) in [5, 5.41) is 0. The number of pyridine rings is 2. The van der Waals surface area contributed by atoms with Crippen LogP contribution in [0.3, 0.4) is 0 Å². The van der Waals surface area contributed by atoms with Crippen molar-refractivity contribution in [2.24, 2.45) is 0 Å². The molecule has 0 aliphatic carbocycles. The highest BCUT2D eigenvalue weighted by molar-refractivity contribution is 5.69. The molecule has 4 rings (SSSR count). The molecule has 0 saturated carbocycles. The molecule has 0 spiro atoms. The van der Waals surface area contributed by atoms with Crippen LogP contribution < -0.4 is 15.2 Å². The minimum Gasteiger partial charge on any atom is -0.489 e. The van der Waals surface area contributed by atoms with E-state index in [1.54, 1.807) is 30.4 Å². The number of carbonyl (C=O) groups excluding carboxylic acids is 1. The van der Waals surface area contributed by atoms with Gasteiger partial charge in [0.1, 0.15) is 23.8 Å². The van der Waals surface area contributed by atoms with E-state index in [0.717, 1.165) is 24.3 Å². The third kappa shape index (κ3) is 5.87. The third-order valence-corrected chi connectivity index (χ3v) is 6.40. The number of hydrogen-bond donors (Lipinski definition) is 0. The standard InChI is InChI=1S/C28H34N4O4/c1-27(2,3)36-26(34)30(5)28(4)14-16-31(20-28)24-12-11-22(18-29-24)32-15-13-23(17-25(32)33)35-19-21-9-7-6-8-10-21/h6-13,15,17-18H,14,16,19-20H2,1-5H3. The van der Waals surface area contributed by atoms with Crippen molar-refractivity contribution < 1.29 is 14.3 Å². The summed E-state index contributed by atoms with van der Waals surface area (Å²) in [5.74, 6) is 1.33. The summed E-state index contributed by atoms with van der Waals surface area (Å²) in [6.45, 7) is 9.47. The van der Waals surface area contributed by atoms with E-state index in [-0.39, 0.29) is 17.2 Å². The van der Waals surface area contributed by atoms with Gasteiger partial charge in [0, 0.05) is 32.4 Å². The summed E-state index contributed by atoms with van der Waals surface area (Å²) in [7, 11) is 1.79. The molecule has 1 saturated heterocycles. The van der Waals surface area contributed by atoms with Crippen molar-refractivity contribution in [1.82, 2.24) is 14.5 Å². The maximum atomic E-state index is 12.7. The maximum Gasteiger partial charge on any atom is 0.410 e. The Kier molecular flexibility index (Phi) is 7.06. The van der Waals surface area contributed by atoms with E-state index in [1.807, 2.05) is 63.2 Å². The van der Waals surface area contributed by atoms with Crippen molar-refractivity contribution in [1.29, 1.82) is 0 Å². The lowest BCUT2D eigenvalue weighted by Gasteiger charge is -2.36. The fourth-order valence-corrected chi connectivity index (χ4v) is 4.18. The highest BCUT2D eigenvalue weighted by Gasteiger charge is 2.41. The number of carbonyl (C=O) groups is 1. The number of hydrogen-bond acceptors (Lipinski definition) is 6. The third-order valence-electron chi connectivity index (χ3n) is 6.40. The first kappa shape index (κ1) is 25.3. The van der Waals surface area contributed by atoms with Crippen LogP contribution in [-0.4, -0.2) is 51.8 Å². The van der Waals surface area contributed by atoms with Gasteiger partial charge in [0.2, 0.25) is 0 Å². The second-order valence-corrected chi connectivity index (χ2v) is 10.4. The van der Waals surface area contributed by atoms with Crippen molar-refractivity contribution in [3.63, 3.8) is 0 Å². The Balaban J connectivity index is 1.40. The number of likely N-dealkylation sites (N-methyl/N-ethyl adjacent to an activating group) is 1. The molecular weight excluding hydrogens is 456 g/mol. The van der Waals surface area contributed by atoms with Gasteiger partial charge < -0.3 is 19.3 Å². The number of rotatable bonds is 6. The molecule has 3 aromatic rings. The fourth-order valence-electron chi connectivity index (χ4n) is 4.18. The van der Waals surface area contributed by atoms with Crippen molar-refractivity contribution in [3.8, 4) is 11.4 Å². The van der Waals surface area contributed by atoms with Crippen molar-refractivity contribution in [2.45, 2.75) is 51.9 Å². The van der Waals surface area contributed by atoms with Crippen molar-refractivity contribution >= 4 is 11.9 Å². The molecule has 2 aromatic heterocycles. The van der Waals surface area contributed by atoms with Gasteiger partial charge in [-0.3, -0.25) is 9.36 Å². The zero-order chi connectivity index (χ0) is 25.9. The average Bonchev–Trinajstić information content (AvgIpc) is 3.25. The lowest BCUT2D eigenvalue weighted by Crippen LogP contribution is -2.50. The Morgan fingerprint density at radius 2 is 1.89 bits per heavy atom. The molecule has 8 nitrogen and oxygen atoms in total. The highest BCUT2D eigenvalue weighted by atomic mass is 16.6. The van der Waals surface area contributed by atoms with Gasteiger partial charge >= 0.3 is 6.09 Å². The van der Waals surface area contributed by atoms with Crippen LogP contribution in [0.4, 0.5) is 10.6 Å². The van der Waals surface area contributed by atoms with Crippen LogP contribution in [-0.2, 0) is 11.3 Å². The van der Waals surface area contributed by atoms with Gasteiger partial charge in [0.05, 0.1) is 17.4 Å². The van der Waals surface area contributed by atoms with E-state index in [1.165, 1.54) is 10.6 Å². The number of anilines is 1. The molecule has 1 aliphatic rings. The first-order valence-corrected chi connectivity index (χ1v) is 12.1. The zero-order valence-electron chi connectivity index (χ0n) is 21.6. The van der Waals surface area contributed by atoms with E-state index >= 15 is 0 Å². The summed E-state index contributed by atoms with van der Waals surface area (Å²) < 4.78 is 12.8. The number of benzene rings is 1. The zero-order valence-corrected chi connectivity index (χ0v) is 21.6. The molecular formula is C28H34N4O4. The monoisotopic (exact) mass is 490 g/mol. The Bertz CT molecular complexity index is 1250. The molecule has 190 valence electrons. The SMILES string of the molecule is CN(C(=O)OC(C)(C)C)C1(C)CCN(c2ccc(-n3ccc(OCc4ccccc4)cc3=O)cn2)C1. The van der Waals surface area contributed by atoms with Crippen LogP contribution in [0.15, 0.2) is 71.8 Å². The van der Waals surface area contributed by atoms with Gasteiger partial charge in [-0.25, -0.2) is 9.78 Å². The summed E-state index contributed by atoms with van der Waals surface area (Å²) in [6.07, 6.45) is 3.86. The van der Waals surface area contributed by atoms with Gasteiger partial charge in [0.15, 0.2) is 0 Å².